The summed E-state index contributed by atoms with van der Waals surface area (Å²) in [5.41, 5.74) is 1.10. The van der Waals surface area contributed by atoms with Crippen molar-refractivity contribution in [3.8, 4) is 11.8 Å². The molecule has 1 saturated heterocycles. The maximum absolute atomic E-state index is 10.6. The van der Waals surface area contributed by atoms with Crippen LogP contribution in [-0.4, -0.2) is 36.2 Å². The Morgan fingerprint density at radius 3 is 2.73 bits per heavy atom. The van der Waals surface area contributed by atoms with E-state index in [0.717, 1.165) is 36.2 Å². The average molecular weight is 378 g/mol. The number of hydrogen-bond acceptors (Lipinski definition) is 5. The Kier molecular flexibility index (Phi) is 4.79. The molecule has 1 aliphatic rings. The van der Waals surface area contributed by atoms with Gasteiger partial charge in [-0.25, -0.2) is 0 Å². The number of nitrogens with zero attached hydrogens (tertiary/aromatic N) is 2. The van der Waals surface area contributed by atoms with E-state index < -0.39 is 0 Å². The maximum Gasteiger partial charge on any atom is 0.139 e. The number of rotatable bonds is 3. The number of halogens is 1. The normalized spacial score (nSPS) is 17.1. The molecule has 0 amide bonds. The zero-order valence-electron chi connectivity index (χ0n) is 11.9. The lowest BCUT2D eigenvalue weighted by Gasteiger charge is -2.35. The number of nitrogens with one attached hydrogen (secondary N) is 1. The Morgan fingerprint density at radius 1 is 1.32 bits per heavy atom. The van der Waals surface area contributed by atoms with Crippen LogP contribution in [0.25, 0.3) is 0 Å². The Labute approximate surface area is 142 Å². The van der Waals surface area contributed by atoms with Gasteiger partial charge in [-0.2, -0.15) is 5.26 Å². The molecule has 1 fully saturated rings. The van der Waals surface area contributed by atoms with E-state index in [1.807, 2.05) is 17.5 Å². The minimum atomic E-state index is -0.0372. The fourth-order valence-corrected chi connectivity index (χ4v) is 4.23. The molecule has 4 nitrogen and oxygen atoms in total. The third-order valence-electron chi connectivity index (χ3n) is 3.89. The minimum Gasteiger partial charge on any atom is -0.506 e. The van der Waals surface area contributed by atoms with Crippen molar-refractivity contribution in [1.29, 1.82) is 5.26 Å². The van der Waals surface area contributed by atoms with E-state index in [-0.39, 0.29) is 11.8 Å². The van der Waals surface area contributed by atoms with E-state index in [4.69, 9.17) is 0 Å². The molecule has 6 heteroatoms. The smallest absolute Gasteiger partial charge is 0.139 e. The second-order valence-electron chi connectivity index (χ2n) is 5.17. The van der Waals surface area contributed by atoms with E-state index >= 15 is 0 Å². The first kappa shape index (κ1) is 15.5. The van der Waals surface area contributed by atoms with E-state index in [0.29, 0.717) is 5.56 Å². The lowest BCUT2D eigenvalue weighted by Crippen LogP contribution is -2.45. The highest BCUT2D eigenvalue weighted by molar-refractivity contribution is 9.10. The monoisotopic (exact) mass is 377 g/mol. The van der Waals surface area contributed by atoms with Crippen molar-refractivity contribution in [2.75, 3.05) is 26.2 Å². The molecule has 0 unspecified atom stereocenters. The molecule has 3 rings (SSSR count). The van der Waals surface area contributed by atoms with Gasteiger partial charge in [0.15, 0.2) is 0 Å². The van der Waals surface area contributed by atoms with Crippen molar-refractivity contribution >= 4 is 27.3 Å². The summed E-state index contributed by atoms with van der Waals surface area (Å²) in [4.78, 5) is 3.52. The number of nitriles is 1. The fraction of sp³-hybridized carbons (Fsp3) is 0.312. The summed E-state index contributed by atoms with van der Waals surface area (Å²) in [7, 11) is 0. The molecule has 0 radical (unpaired) electrons. The van der Waals surface area contributed by atoms with Crippen molar-refractivity contribution in [2.24, 2.45) is 0 Å². The molecular formula is C16H16BrN3OS. The summed E-state index contributed by atoms with van der Waals surface area (Å²) in [6, 6.07) is 9.63. The molecule has 1 aliphatic heterocycles. The standard InChI is InChI=1S/C16H16BrN3OS/c17-12-4-3-11(10-18)16(21)14(12)15(13-2-1-9-22-13)20-7-5-19-6-8-20/h1-4,9,15,19,21H,5-8H2/t15-/m0/s1. The van der Waals surface area contributed by atoms with Crippen molar-refractivity contribution in [1.82, 2.24) is 10.2 Å². The van der Waals surface area contributed by atoms with Crippen LogP contribution in [0.5, 0.6) is 5.75 Å². The number of benzene rings is 1. The summed E-state index contributed by atoms with van der Waals surface area (Å²) in [5, 5.41) is 25.2. The Bertz CT molecular complexity index is 690. The van der Waals surface area contributed by atoms with E-state index in [9.17, 15) is 10.4 Å². The molecule has 1 aromatic heterocycles. The third kappa shape index (κ3) is 2.90. The van der Waals surface area contributed by atoms with Gasteiger partial charge in [-0.15, -0.1) is 11.3 Å². The van der Waals surface area contributed by atoms with Gasteiger partial charge in [0.25, 0.3) is 0 Å². The second kappa shape index (κ2) is 6.80. The molecule has 114 valence electrons. The van der Waals surface area contributed by atoms with E-state index in [1.165, 1.54) is 4.88 Å². The summed E-state index contributed by atoms with van der Waals surface area (Å²) in [5.74, 6) is 0.0776. The quantitative estimate of drug-likeness (QED) is 0.862. The van der Waals surface area contributed by atoms with Crippen LogP contribution in [0.1, 0.15) is 22.0 Å². The van der Waals surface area contributed by atoms with Gasteiger partial charge in [-0.3, -0.25) is 4.90 Å². The lowest BCUT2D eigenvalue weighted by molar-refractivity contribution is 0.197. The van der Waals surface area contributed by atoms with Crippen LogP contribution in [0.2, 0.25) is 0 Å². The third-order valence-corrected chi connectivity index (χ3v) is 5.50. The summed E-state index contributed by atoms with van der Waals surface area (Å²) in [6.07, 6.45) is 0. The molecule has 0 bridgehead atoms. The molecule has 1 atom stereocenters. The van der Waals surface area contributed by atoms with Crippen LogP contribution >= 0.6 is 27.3 Å². The van der Waals surface area contributed by atoms with Crippen LogP contribution < -0.4 is 5.32 Å². The maximum atomic E-state index is 10.6. The summed E-state index contributed by atoms with van der Waals surface area (Å²) < 4.78 is 0.834. The predicted octanol–water partition coefficient (Wildman–Crippen LogP) is 3.08. The molecule has 0 saturated carbocycles. The fourth-order valence-electron chi connectivity index (χ4n) is 2.83. The Balaban J connectivity index is 2.12. The van der Waals surface area contributed by atoms with Crippen molar-refractivity contribution in [3.05, 3.63) is 50.1 Å². The van der Waals surface area contributed by atoms with Crippen molar-refractivity contribution < 1.29 is 5.11 Å². The van der Waals surface area contributed by atoms with Crippen LogP contribution in [0, 0.1) is 11.3 Å². The van der Waals surface area contributed by atoms with Crippen molar-refractivity contribution in [2.45, 2.75) is 6.04 Å². The van der Waals surface area contributed by atoms with Gasteiger partial charge in [0.05, 0.1) is 11.6 Å². The van der Waals surface area contributed by atoms with Crippen molar-refractivity contribution in [3.63, 3.8) is 0 Å². The number of phenols is 1. The molecular weight excluding hydrogens is 362 g/mol. The van der Waals surface area contributed by atoms with Gasteiger partial charge in [0.1, 0.15) is 11.8 Å². The molecule has 1 aromatic carbocycles. The number of hydrogen-bond donors (Lipinski definition) is 2. The first-order valence-corrected chi connectivity index (χ1v) is 8.79. The van der Waals surface area contributed by atoms with E-state index in [1.54, 1.807) is 17.4 Å². The minimum absolute atomic E-state index is 0.0372. The topological polar surface area (TPSA) is 59.3 Å². The lowest BCUT2D eigenvalue weighted by atomic mass is 9.99. The van der Waals surface area contributed by atoms with Crippen LogP contribution in [0.15, 0.2) is 34.1 Å². The molecule has 2 aromatic rings. The number of thiophene rings is 1. The first-order valence-electron chi connectivity index (χ1n) is 7.12. The van der Waals surface area contributed by atoms with Crippen LogP contribution in [0.3, 0.4) is 0 Å². The highest BCUT2D eigenvalue weighted by Crippen LogP contribution is 2.42. The zero-order chi connectivity index (χ0) is 15.5. The van der Waals surface area contributed by atoms with Gasteiger partial charge in [-0.1, -0.05) is 22.0 Å². The van der Waals surface area contributed by atoms with E-state index in [2.05, 4.69) is 38.3 Å². The largest absolute Gasteiger partial charge is 0.506 e. The highest BCUT2D eigenvalue weighted by atomic mass is 79.9. The van der Waals surface area contributed by atoms with Gasteiger partial charge in [0, 0.05) is 41.1 Å². The second-order valence-corrected chi connectivity index (χ2v) is 7.01. The van der Waals surface area contributed by atoms with Gasteiger partial charge in [-0.05, 0) is 23.6 Å². The summed E-state index contributed by atoms with van der Waals surface area (Å²) >= 11 is 5.23. The van der Waals surface area contributed by atoms with Gasteiger partial charge < -0.3 is 10.4 Å². The SMILES string of the molecule is N#Cc1ccc(Br)c([C@H](c2cccs2)N2CCNCC2)c1O. The molecule has 0 spiro atoms. The van der Waals surface area contributed by atoms with Gasteiger partial charge >= 0.3 is 0 Å². The van der Waals surface area contributed by atoms with Crippen LogP contribution in [0.4, 0.5) is 0 Å². The Morgan fingerprint density at radius 2 is 2.09 bits per heavy atom. The zero-order valence-corrected chi connectivity index (χ0v) is 14.3. The summed E-state index contributed by atoms with van der Waals surface area (Å²) in [6.45, 7) is 3.67. The Hall–Kier alpha value is -1.39. The predicted molar refractivity (Wildman–Crippen MR) is 91.1 cm³/mol. The van der Waals surface area contributed by atoms with Crippen LogP contribution in [-0.2, 0) is 0 Å². The molecule has 2 heterocycles. The number of aromatic hydroxyl groups is 1. The number of phenolic OH excluding ortho intramolecular Hbond substituents is 1. The average Bonchev–Trinajstić information content (AvgIpc) is 3.06. The number of piperazine rings is 1. The molecule has 0 aliphatic carbocycles. The molecule has 22 heavy (non-hydrogen) atoms. The molecule has 2 N–H and O–H groups in total. The van der Waals surface area contributed by atoms with Gasteiger partial charge in [0.2, 0.25) is 0 Å². The first-order chi connectivity index (χ1) is 10.7. The highest BCUT2D eigenvalue weighted by Gasteiger charge is 2.29.